The Morgan fingerprint density at radius 2 is 2.00 bits per heavy atom. The van der Waals surface area contributed by atoms with Gasteiger partial charge in [-0.25, -0.2) is 9.37 Å². The molecule has 4 heterocycles. The summed E-state index contributed by atoms with van der Waals surface area (Å²) in [5, 5.41) is 11.5. The first-order chi connectivity index (χ1) is 12.8. The number of nitrogens with one attached hydrogen (secondary N) is 2. The summed E-state index contributed by atoms with van der Waals surface area (Å²) < 4.78 is 19.8. The summed E-state index contributed by atoms with van der Waals surface area (Å²) in [6, 6.07) is 12.7. The summed E-state index contributed by atoms with van der Waals surface area (Å²) in [7, 11) is 0. The Bertz CT molecular complexity index is 1230. The highest BCUT2D eigenvalue weighted by Crippen LogP contribution is 2.31. The molecule has 0 unspecified atom stereocenters. The predicted molar refractivity (Wildman–Crippen MR) is 96.6 cm³/mol. The number of aromatic amines is 1. The lowest BCUT2D eigenvalue weighted by Gasteiger charge is -2.08. The second-order valence-corrected chi connectivity index (χ2v) is 5.79. The first-order valence-electron chi connectivity index (χ1n) is 7.98. The minimum Gasteiger partial charge on any atom is -0.463 e. The molecule has 1 aromatic carbocycles. The number of benzene rings is 1. The molecule has 126 valence electrons. The molecule has 6 nitrogen and oxygen atoms in total. The topological polar surface area (TPSA) is 79.6 Å². The number of rotatable bonds is 3. The van der Waals surface area contributed by atoms with Gasteiger partial charge in [0.1, 0.15) is 17.0 Å². The van der Waals surface area contributed by atoms with E-state index in [1.54, 1.807) is 30.7 Å². The molecule has 0 atom stereocenters. The van der Waals surface area contributed by atoms with Crippen molar-refractivity contribution in [3.63, 3.8) is 0 Å². The van der Waals surface area contributed by atoms with Gasteiger partial charge in [0.25, 0.3) is 0 Å². The van der Waals surface area contributed by atoms with Crippen LogP contribution in [0.15, 0.2) is 65.5 Å². The summed E-state index contributed by atoms with van der Waals surface area (Å²) in [5.74, 6) is 0.780. The van der Waals surface area contributed by atoms with Crippen LogP contribution >= 0.6 is 0 Å². The van der Waals surface area contributed by atoms with Gasteiger partial charge in [-0.05, 0) is 42.5 Å². The number of halogens is 1. The van der Waals surface area contributed by atoms with Crippen molar-refractivity contribution in [1.29, 1.82) is 0 Å². The maximum atomic E-state index is 14.4. The summed E-state index contributed by atoms with van der Waals surface area (Å²) in [6.07, 6.45) is 4.47. The molecule has 0 amide bonds. The van der Waals surface area contributed by atoms with E-state index < -0.39 is 5.82 Å². The molecule has 0 aliphatic carbocycles. The average Bonchev–Trinajstić information content (AvgIpc) is 3.33. The number of hydrogen-bond donors (Lipinski definition) is 2. The van der Waals surface area contributed by atoms with Crippen molar-refractivity contribution in [3.8, 4) is 11.5 Å². The Kier molecular flexibility index (Phi) is 3.18. The molecule has 7 heteroatoms. The monoisotopic (exact) mass is 345 g/mol. The Labute approximate surface area is 146 Å². The Hall–Kier alpha value is -3.74. The second-order valence-electron chi connectivity index (χ2n) is 5.79. The van der Waals surface area contributed by atoms with Crippen LogP contribution < -0.4 is 5.32 Å². The zero-order valence-electron chi connectivity index (χ0n) is 13.4. The van der Waals surface area contributed by atoms with Crippen molar-refractivity contribution in [2.75, 3.05) is 5.32 Å². The molecule has 0 radical (unpaired) electrons. The van der Waals surface area contributed by atoms with E-state index in [2.05, 4.69) is 25.5 Å². The number of hydrogen-bond acceptors (Lipinski definition) is 5. The lowest BCUT2D eigenvalue weighted by molar-refractivity contribution is 0.580. The molecule has 0 saturated carbocycles. The van der Waals surface area contributed by atoms with Gasteiger partial charge in [0.05, 0.1) is 18.0 Å². The summed E-state index contributed by atoms with van der Waals surface area (Å²) >= 11 is 0. The highest BCUT2D eigenvalue weighted by Gasteiger charge is 2.13. The standard InChI is InChI=1S/C19H12FN5O/c20-14-10-22-17(16-4-2-8-26-16)12-6-5-11(9-13(12)14)23-19-18-15(24-25-19)3-1-7-21-18/h1-10H,(H2,23,24,25). The van der Waals surface area contributed by atoms with Crippen LogP contribution in [-0.2, 0) is 0 Å². The van der Waals surface area contributed by atoms with Gasteiger partial charge in [-0.1, -0.05) is 0 Å². The molecule has 26 heavy (non-hydrogen) atoms. The third kappa shape index (κ3) is 2.29. The molecule has 5 aromatic rings. The quantitative estimate of drug-likeness (QED) is 0.497. The van der Waals surface area contributed by atoms with E-state index in [0.29, 0.717) is 33.7 Å². The highest BCUT2D eigenvalue weighted by molar-refractivity contribution is 5.96. The molecule has 4 aromatic heterocycles. The number of H-pyrrole nitrogens is 1. The van der Waals surface area contributed by atoms with Gasteiger partial charge in [0.15, 0.2) is 11.6 Å². The van der Waals surface area contributed by atoms with Gasteiger partial charge < -0.3 is 9.73 Å². The van der Waals surface area contributed by atoms with Gasteiger partial charge >= 0.3 is 0 Å². The summed E-state index contributed by atoms with van der Waals surface area (Å²) in [5.41, 5.74) is 2.85. The van der Waals surface area contributed by atoms with Gasteiger partial charge in [-0.15, -0.1) is 0 Å². The van der Waals surface area contributed by atoms with Crippen molar-refractivity contribution in [2.45, 2.75) is 0 Å². The van der Waals surface area contributed by atoms with Crippen LogP contribution in [0.2, 0.25) is 0 Å². The molecule has 5 rings (SSSR count). The third-order valence-corrected chi connectivity index (χ3v) is 4.18. The average molecular weight is 345 g/mol. The van der Waals surface area contributed by atoms with E-state index in [0.717, 1.165) is 11.0 Å². The van der Waals surface area contributed by atoms with E-state index in [9.17, 15) is 4.39 Å². The van der Waals surface area contributed by atoms with E-state index >= 15 is 0 Å². The maximum Gasteiger partial charge on any atom is 0.178 e. The number of pyridine rings is 2. The summed E-state index contributed by atoms with van der Waals surface area (Å²) in [6.45, 7) is 0. The van der Waals surface area contributed by atoms with Crippen molar-refractivity contribution in [2.24, 2.45) is 0 Å². The zero-order chi connectivity index (χ0) is 17.5. The van der Waals surface area contributed by atoms with Gasteiger partial charge in [0, 0.05) is 22.7 Å². The molecule has 0 saturated heterocycles. The van der Waals surface area contributed by atoms with Crippen LogP contribution in [0.1, 0.15) is 0 Å². The van der Waals surface area contributed by atoms with Crippen molar-refractivity contribution < 1.29 is 8.81 Å². The Morgan fingerprint density at radius 1 is 1.04 bits per heavy atom. The zero-order valence-corrected chi connectivity index (χ0v) is 13.4. The largest absolute Gasteiger partial charge is 0.463 e. The molecule has 2 N–H and O–H groups in total. The highest BCUT2D eigenvalue weighted by atomic mass is 19.1. The van der Waals surface area contributed by atoms with E-state index in [-0.39, 0.29) is 0 Å². The fraction of sp³-hybridized carbons (Fsp3) is 0. The van der Waals surface area contributed by atoms with E-state index in [4.69, 9.17) is 4.42 Å². The Morgan fingerprint density at radius 3 is 2.88 bits per heavy atom. The fourth-order valence-corrected chi connectivity index (χ4v) is 2.97. The molecule has 0 fully saturated rings. The van der Waals surface area contributed by atoms with Crippen molar-refractivity contribution in [1.82, 2.24) is 20.2 Å². The smallest absolute Gasteiger partial charge is 0.178 e. The maximum absolute atomic E-state index is 14.4. The van der Waals surface area contributed by atoms with Crippen LogP contribution in [0.3, 0.4) is 0 Å². The van der Waals surface area contributed by atoms with Crippen LogP contribution in [0.5, 0.6) is 0 Å². The Balaban J connectivity index is 1.61. The van der Waals surface area contributed by atoms with Crippen LogP contribution in [0.4, 0.5) is 15.9 Å². The van der Waals surface area contributed by atoms with Crippen LogP contribution in [-0.4, -0.2) is 20.2 Å². The third-order valence-electron chi connectivity index (χ3n) is 4.18. The van der Waals surface area contributed by atoms with Crippen molar-refractivity contribution >= 4 is 33.3 Å². The van der Waals surface area contributed by atoms with E-state index in [1.807, 2.05) is 24.3 Å². The minimum atomic E-state index is -0.399. The first-order valence-corrected chi connectivity index (χ1v) is 7.98. The van der Waals surface area contributed by atoms with Gasteiger partial charge in [-0.2, -0.15) is 5.10 Å². The van der Waals surface area contributed by atoms with E-state index in [1.165, 1.54) is 6.20 Å². The molecular formula is C19H12FN5O. The fourth-order valence-electron chi connectivity index (χ4n) is 2.97. The molecule has 0 bridgehead atoms. The normalized spacial score (nSPS) is 11.3. The van der Waals surface area contributed by atoms with Gasteiger partial charge in [-0.3, -0.25) is 10.1 Å². The molecular weight excluding hydrogens is 333 g/mol. The lowest BCUT2D eigenvalue weighted by atomic mass is 10.1. The minimum absolute atomic E-state index is 0.399. The van der Waals surface area contributed by atoms with Crippen molar-refractivity contribution in [3.05, 3.63) is 66.9 Å². The second kappa shape index (κ2) is 5.66. The number of nitrogens with zero attached hydrogens (tertiary/aromatic N) is 3. The molecule has 0 spiro atoms. The SMILES string of the molecule is Fc1cnc(-c2ccco2)c2ccc(Nc3n[nH]c4cccnc34)cc12. The number of aromatic nitrogens is 4. The predicted octanol–water partition coefficient (Wildman–Crippen LogP) is 4.65. The lowest BCUT2D eigenvalue weighted by Crippen LogP contribution is -1.94. The van der Waals surface area contributed by atoms with Crippen LogP contribution in [0.25, 0.3) is 33.3 Å². The number of fused-ring (bicyclic) bond motifs is 2. The molecule has 0 aliphatic rings. The number of furan rings is 1. The molecule has 0 aliphatic heterocycles. The first kappa shape index (κ1) is 14.6. The van der Waals surface area contributed by atoms with Crippen LogP contribution in [0, 0.1) is 5.82 Å². The summed E-state index contributed by atoms with van der Waals surface area (Å²) in [4.78, 5) is 8.49. The number of anilines is 2. The van der Waals surface area contributed by atoms with Gasteiger partial charge in [0.2, 0.25) is 0 Å².